The van der Waals surface area contributed by atoms with Gasteiger partial charge in [0.2, 0.25) is 0 Å². The number of carbonyl (C=O) groups excluding carboxylic acids is 3. The summed E-state index contributed by atoms with van der Waals surface area (Å²) in [4.78, 5) is 36.3. The largest absolute Gasteiger partial charge is 0.466 e. The number of rotatable bonds is 14. The van der Waals surface area contributed by atoms with Crippen LogP contribution in [0.4, 0.5) is 4.79 Å². The van der Waals surface area contributed by atoms with Crippen LogP contribution >= 0.6 is 11.3 Å². The van der Waals surface area contributed by atoms with Crippen LogP contribution in [0, 0.1) is 11.8 Å². The molecule has 1 atom stereocenters. The lowest BCUT2D eigenvalue weighted by atomic mass is 10.1. The Bertz CT molecular complexity index is 809. The van der Waals surface area contributed by atoms with Gasteiger partial charge in [-0.2, -0.15) is 0 Å². The summed E-state index contributed by atoms with van der Waals surface area (Å²) in [6.45, 7) is 4.64. The normalized spacial score (nSPS) is 12.1. The summed E-state index contributed by atoms with van der Waals surface area (Å²) in [6, 6.07) is 3.52. The molecule has 0 saturated heterocycles. The van der Waals surface area contributed by atoms with E-state index >= 15 is 0 Å². The molecule has 0 saturated carbocycles. The highest BCUT2D eigenvalue weighted by atomic mass is 32.1. The number of thiophene rings is 1. The topological polar surface area (TPSA) is 90.9 Å². The molecule has 0 aliphatic carbocycles. The Morgan fingerprint density at radius 2 is 1.64 bits per heavy atom. The maximum atomic E-state index is 12.0. The molecule has 1 unspecified atom stereocenters. The smallest absolute Gasteiger partial charge is 0.410 e. The SMILES string of the molecule is CCCCCCCCCCC#Cc1ccc(C(CCOC(C)=O)(OC(C)=O)OC(=O)NC)s1. The number of ether oxygens (including phenoxy) is 3. The monoisotopic (exact) mass is 479 g/mol. The van der Waals surface area contributed by atoms with Crippen LogP contribution < -0.4 is 5.32 Å². The van der Waals surface area contributed by atoms with E-state index < -0.39 is 23.8 Å². The number of esters is 2. The number of unbranched alkanes of at least 4 members (excludes halogenated alkanes) is 8. The Morgan fingerprint density at radius 1 is 0.970 bits per heavy atom. The highest BCUT2D eigenvalue weighted by Gasteiger charge is 2.42. The van der Waals surface area contributed by atoms with Crippen molar-refractivity contribution in [2.75, 3.05) is 13.7 Å². The third-order valence-electron chi connectivity index (χ3n) is 4.86. The second-order valence-corrected chi connectivity index (χ2v) is 8.85. The first-order valence-corrected chi connectivity index (χ1v) is 12.5. The van der Waals surface area contributed by atoms with E-state index in [0.717, 1.165) is 17.7 Å². The van der Waals surface area contributed by atoms with Gasteiger partial charge in [0.15, 0.2) is 0 Å². The molecular formula is C25H37NO6S. The lowest BCUT2D eigenvalue weighted by molar-refractivity contribution is -0.216. The predicted molar refractivity (Wildman–Crippen MR) is 129 cm³/mol. The molecule has 1 aromatic rings. The fourth-order valence-electron chi connectivity index (χ4n) is 3.22. The van der Waals surface area contributed by atoms with Gasteiger partial charge in [-0.1, -0.05) is 63.7 Å². The van der Waals surface area contributed by atoms with Crippen LogP contribution in [0.2, 0.25) is 0 Å². The molecule has 1 rings (SSSR count). The van der Waals surface area contributed by atoms with Crippen LogP contribution in [0.25, 0.3) is 0 Å². The molecule has 1 heterocycles. The molecule has 33 heavy (non-hydrogen) atoms. The summed E-state index contributed by atoms with van der Waals surface area (Å²) in [5, 5.41) is 2.36. The molecule has 0 aliphatic heterocycles. The van der Waals surface area contributed by atoms with Crippen molar-refractivity contribution < 1.29 is 28.6 Å². The third kappa shape index (κ3) is 11.8. The van der Waals surface area contributed by atoms with Gasteiger partial charge in [0, 0.05) is 27.3 Å². The van der Waals surface area contributed by atoms with Crippen molar-refractivity contribution in [2.24, 2.45) is 0 Å². The van der Waals surface area contributed by atoms with E-state index in [-0.39, 0.29) is 13.0 Å². The van der Waals surface area contributed by atoms with Crippen LogP contribution in [0.1, 0.15) is 94.7 Å². The quantitative estimate of drug-likeness (QED) is 0.160. The maximum absolute atomic E-state index is 12.0. The average Bonchev–Trinajstić information content (AvgIpc) is 3.23. The van der Waals surface area contributed by atoms with E-state index in [9.17, 15) is 14.4 Å². The summed E-state index contributed by atoms with van der Waals surface area (Å²) in [6.07, 6.45) is 10.0. The average molecular weight is 480 g/mol. The van der Waals surface area contributed by atoms with Gasteiger partial charge < -0.3 is 19.5 Å². The Labute approximate surface area is 201 Å². The van der Waals surface area contributed by atoms with E-state index in [1.807, 2.05) is 0 Å². The minimum atomic E-state index is -1.70. The van der Waals surface area contributed by atoms with Gasteiger partial charge in [0.25, 0.3) is 5.79 Å². The number of hydrogen-bond acceptors (Lipinski definition) is 7. The van der Waals surface area contributed by atoms with E-state index in [0.29, 0.717) is 4.88 Å². The maximum Gasteiger partial charge on any atom is 0.410 e. The number of carbonyl (C=O) groups is 3. The van der Waals surface area contributed by atoms with E-state index in [4.69, 9.17) is 14.2 Å². The highest BCUT2D eigenvalue weighted by molar-refractivity contribution is 7.12. The molecule has 8 heteroatoms. The molecule has 0 aliphatic rings. The van der Waals surface area contributed by atoms with Gasteiger partial charge in [-0.05, 0) is 18.6 Å². The first-order chi connectivity index (χ1) is 15.8. The number of nitrogens with one attached hydrogen (secondary N) is 1. The van der Waals surface area contributed by atoms with Crippen molar-refractivity contribution in [1.82, 2.24) is 5.32 Å². The Hall–Kier alpha value is -2.53. The Morgan fingerprint density at radius 3 is 2.24 bits per heavy atom. The van der Waals surface area contributed by atoms with Crippen molar-refractivity contribution in [1.29, 1.82) is 0 Å². The molecule has 0 fully saturated rings. The van der Waals surface area contributed by atoms with Crippen molar-refractivity contribution in [3.63, 3.8) is 0 Å². The zero-order chi connectivity index (χ0) is 24.5. The fourth-order valence-corrected chi connectivity index (χ4v) is 4.19. The minimum absolute atomic E-state index is 0.0365. The molecule has 0 bridgehead atoms. The first kappa shape index (κ1) is 28.5. The second-order valence-electron chi connectivity index (χ2n) is 7.77. The lowest BCUT2D eigenvalue weighted by Crippen LogP contribution is -2.40. The Balaban J connectivity index is 2.78. The number of amides is 1. The van der Waals surface area contributed by atoms with Gasteiger partial charge in [0.1, 0.15) is 0 Å². The lowest BCUT2D eigenvalue weighted by Gasteiger charge is -2.31. The minimum Gasteiger partial charge on any atom is -0.466 e. The van der Waals surface area contributed by atoms with Crippen molar-refractivity contribution in [3.05, 3.63) is 21.9 Å². The van der Waals surface area contributed by atoms with Crippen molar-refractivity contribution in [3.8, 4) is 11.8 Å². The molecule has 1 N–H and O–H groups in total. The van der Waals surface area contributed by atoms with Gasteiger partial charge >= 0.3 is 18.0 Å². The van der Waals surface area contributed by atoms with Crippen LogP contribution in [0.3, 0.4) is 0 Å². The predicted octanol–water partition coefficient (Wildman–Crippen LogP) is 5.66. The summed E-state index contributed by atoms with van der Waals surface area (Å²) in [7, 11) is 1.41. The van der Waals surface area contributed by atoms with Crippen molar-refractivity contribution in [2.45, 2.75) is 90.8 Å². The molecule has 7 nitrogen and oxygen atoms in total. The van der Waals surface area contributed by atoms with Crippen LogP contribution in [0.15, 0.2) is 12.1 Å². The fraction of sp³-hybridized carbons (Fsp3) is 0.640. The zero-order valence-corrected chi connectivity index (χ0v) is 21.1. The Kier molecular flexibility index (Phi) is 13.9. The van der Waals surface area contributed by atoms with Crippen LogP contribution in [-0.4, -0.2) is 31.7 Å². The highest BCUT2D eigenvalue weighted by Crippen LogP contribution is 2.36. The molecule has 0 spiro atoms. The molecular weight excluding hydrogens is 442 g/mol. The summed E-state index contributed by atoms with van der Waals surface area (Å²) in [5.74, 6) is 3.52. The second kappa shape index (κ2) is 16.1. The zero-order valence-electron chi connectivity index (χ0n) is 20.3. The van der Waals surface area contributed by atoms with Gasteiger partial charge in [0.05, 0.1) is 22.8 Å². The van der Waals surface area contributed by atoms with Gasteiger partial charge in [-0.3, -0.25) is 9.59 Å². The summed E-state index contributed by atoms with van der Waals surface area (Å²) < 4.78 is 15.9. The molecule has 0 radical (unpaired) electrons. The van der Waals surface area contributed by atoms with E-state index in [1.54, 1.807) is 12.1 Å². The third-order valence-corrected chi connectivity index (χ3v) is 5.98. The molecule has 0 aromatic carbocycles. The van der Waals surface area contributed by atoms with Crippen LogP contribution in [-0.2, 0) is 29.6 Å². The number of alkyl carbamates (subject to hydrolysis) is 1. The molecule has 184 valence electrons. The first-order valence-electron chi connectivity index (χ1n) is 11.7. The van der Waals surface area contributed by atoms with Gasteiger partial charge in [-0.15, -0.1) is 11.3 Å². The van der Waals surface area contributed by atoms with Crippen LogP contribution in [0.5, 0.6) is 0 Å². The molecule has 1 amide bonds. The van der Waals surface area contributed by atoms with E-state index in [1.165, 1.54) is 77.2 Å². The number of hydrogen-bond donors (Lipinski definition) is 1. The molecule has 1 aromatic heterocycles. The summed E-state index contributed by atoms with van der Waals surface area (Å²) >= 11 is 1.28. The van der Waals surface area contributed by atoms with E-state index in [2.05, 4.69) is 24.1 Å². The van der Waals surface area contributed by atoms with Crippen molar-refractivity contribution >= 4 is 29.4 Å². The summed E-state index contributed by atoms with van der Waals surface area (Å²) in [5.41, 5.74) is 0. The standard InChI is InChI=1S/C25H37NO6S/c1-5-6-7-8-9-10-11-12-13-14-15-22-16-17-23(33-22)25(31-21(3)28,32-24(29)26-4)18-19-30-20(2)27/h16-17H,5-13,18-19H2,1-4H3,(H,26,29). The van der Waals surface area contributed by atoms with Gasteiger partial charge in [-0.25, -0.2) is 4.79 Å².